The summed E-state index contributed by atoms with van der Waals surface area (Å²) in [5, 5.41) is 19.3. The van der Waals surface area contributed by atoms with Gasteiger partial charge in [-0.3, -0.25) is 0 Å². The Morgan fingerprint density at radius 2 is 2.45 bits per heavy atom. The van der Waals surface area contributed by atoms with Gasteiger partial charge >= 0.3 is 0 Å². The Morgan fingerprint density at radius 3 is 3.09 bits per heavy atom. The molecule has 0 saturated carbocycles. The number of hydrogen-bond donors (Lipinski definition) is 0. The van der Waals surface area contributed by atoms with Crippen LogP contribution in [-0.4, -0.2) is 20.2 Å². The van der Waals surface area contributed by atoms with E-state index in [1.54, 1.807) is 4.68 Å². The quantitative estimate of drug-likeness (QED) is 0.616. The van der Waals surface area contributed by atoms with Crippen LogP contribution in [0.4, 0.5) is 0 Å². The van der Waals surface area contributed by atoms with Crippen molar-refractivity contribution >= 4 is 0 Å². The molecule has 0 atom stereocenters. The molecule has 58 valence electrons. The Balaban J connectivity index is 2.62. The monoisotopic (exact) mass is 151 g/mol. The zero-order chi connectivity index (χ0) is 8.10. The van der Waals surface area contributed by atoms with Gasteiger partial charge in [0.1, 0.15) is 0 Å². The standard InChI is InChI=1S/C6H9N5/c1-2-6-8-9-10-11(6)5-3-4-7/h2-3,5H2,1H3. The molecule has 1 rings (SSSR count). The van der Waals surface area contributed by atoms with Gasteiger partial charge in [-0.2, -0.15) is 5.26 Å². The molecular formula is C6H9N5. The zero-order valence-corrected chi connectivity index (χ0v) is 6.36. The van der Waals surface area contributed by atoms with E-state index in [9.17, 15) is 0 Å². The SMILES string of the molecule is CCc1nnnn1CCC#N. The highest BCUT2D eigenvalue weighted by atomic mass is 15.5. The van der Waals surface area contributed by atoms with E-state index in [1.165, 1.54) is 0 Å². The Hall–Kier alpha value is -1.44. The summed E-state index contributed by atoms with van der Waals surface area (Å²) in [5.74, 6) is 0.834. The molecule has 0 radical (unpaired) electrons. The van der Waals surface area contributed by atoms with Crippen molar-refractivity contribution in [3.05, 3.63) is 5.82 Å². The lowest BCUT2D eigenvalue weighted by Crippen LogP contribution is -2.04. The lowest BCUT2D eigenvalue weighted by molar-refractivity contribution is 0.576. The first-order chi connectivity index (χ1) is 5.38. The minimum atomic E-state index is 0.456. The fourth-order valence-electron chi connectivity index (χ4n) is 0.806. The fourth-order valence-corrected chi connectivity index (χ4v) is 0.806. The van der Waals surface area contributed by atoms with Crippen molar-refractivity contribution in [1.29, 1.82) is 5.26 Å². The van der Waals surface area contributed by atoms with Crippen LogP contribution in [0.3, 0.4) is 0 Å². The second-order valence-electron chi connectivity index (χ2n) is 2.08. The Kier molecular flexibility index (Phi) is 2.55. The van der Waals surface area contributed by atoms with Crippen LogP contribution in [0.5, 0.6) is 0 Å². The highest BCUT2D eigenvalue weighted by molar-refractivity contribution is 4.80. The van der Waals surface area contributed by atoms with Gasteiger partial charge in [-0.25, -0.2) is 4.68 Å². The van der Waals surface area contributed by atoms with Crippen LogP contribution in [0.2, 0.25) is 0 Å². The highest BCUT2D eigenvalue weighted by Gasteiger charge is 2.00. The average molecular weight is 151 g/mol. The molecule has 0 aliphatic rings. The van der Waals surface area contributed by atoms with Crippen molar-refractivity contribution in [2.45, 2.75) is 26.3 Å². The summed E-state index contributed by atoms with van der Waals surface area (Å²) in [6.07, 6.45) is 1.26. The van der Waals surface area contributed by atoms with Crippen LogP contribution >= 0.6 is 0 Å². The van der Waals surface area contributed by atoms with Crippen molar-refractivity contribution in [2.75, 3.05) is 0 Å². The third kappa shape index (κ3) is 1.74. The first-order valence-electron chi connectivity index (χ1n) is 3.50. The summed E-state index contributed by atoms with van der Waals surface area (Å²) in [7, 11) is 0. The van der Waals surface area contributed by atoms with Gasteiger partial charge in [0, 0.05) is 6.42 Å². The van der Waals surface area contributed by atoms with E-state index in [0.29, 0.717) is 13.0 Å². The number of hydrogen-bond acceptors (Lipinski definition) is 4. The van der Waals surface area contributed by atoms with Gasteiger partial charge in [0.25, 0.3) is 0 Å². The van der Waals surface area contributed by atoms with Gasteiger partial charge in [0.05, 0.1) is 19.0 Å². The molecule has 1 heterocycles. The van der Waals surface area contributed by atoms with E-state index in [0.717, 1.165) is 12.2 Å². The molecule has 11 heavy (non-hydrogen) atoms. The van der Waals surface area contributed by atoms with E-state index in [1.807, 2.05) is 13.0 Å². The molecule has 0 aliphatic heterocycles. The third-order valence-electron chi connectivity index (χ3n) is 1.36. The Bertz CT molecular complexity index is 258. The minimum Gasteiger partial charge on any atom is -0.229 e. The lowest BCUT2D eigenvalue weighted by Gasteiger charge is -1.96. The molecule has 5 nitrogen and oxygen atoms in total. The molecule has 1 aromatic heterocycles. The predicted octanol–water partition coefficient (Wildman–Crippen LogP) is 0.149. The van der Waals surface area contributed by atoms with Gasteiger partial charge in [0.15, 0.2) is 5.82 Å². The molecule has 5 heteroatoms. The second kappa shape index (κ2) is 3.66. The average Bonchev–Trinajstić information content (AvgIpc) is 2.47. The molecule has 0 unspecified atom stereocenters. The van der Waals surface area contributed by atoms with Crippen molar-refractivity contribution in [3.63, 3.8) is 0 Å². The summed E-state index contributed by atoms with van der Waals surface area (Å²) < 4.78 is 1.66. The van der Waals surface area contributed by atoms with Gasteiger partial charge in [0.2, 0.25) is 0 Å². The largest absolute Gasteiger partial charge is 0.229 e. The van der Waals surface area contributed by atoms with Gasteiger partial charge in [-0.15, -0.1) is 5.10 Å². The van der Waals surface area contributed by atoms with Crippen LogP contribution in [0.1, 0.15) is 19.2 Å². The zero-order valence-electron chi connectivity index (χ0n) is 6.36. The van der Waals surface area contributed by atoms with Gasteiger partial charge in [-0.1, -0.05) is 6.92 Å². The maximum atomic E-state index is 8.30. The topological polar surface area (TPSA) is 67.4 Å². The van der Waals surface area contributed by atoms with E-state index in [-0.39, 0.29) is 0 Å². The molecule has 0 aliphatic carbocycles. The summed E-state index contributed by atoms with van der Waals surface area (Å²) in [5.41, 5.74) is 0. The maximum absolute atomic E-state index is 8.30. The van der Waals surface area contributed by atoms with Crippen molar-refractivity contribution < 1.29 is 0 Å². The van der Waals surface area contributed by atoms with Gasteiger partial charge < -0.3 is 0 Å². The number of nitrogens with zero attached hydrogens (tertiary/aromatic N) is 5. The van der Waals surface area contributed by atoms with Crippen LogP contribution in [0.15, 0.2) is 0 Å². The molecule has 0 N–H and O–H groups in total. The number of aromatic nitrogens is 4. The summed E-state index contributed by atoms with van der Waals surface area (Å²) >= 11 is 0. The van der Waals surface area contributed by atoms with E-state index >= 15 is 0 Å². The normalized spacial score (nSPS) is 9.45. The maximum Gasteiger partial charge on any atom is 0.151 e. The van der Waals surface area contributed by atoms with Crippen molar-refractivity contribution in [1.82, 2.24) is 20.2 Å². The summed E-state index contributed by atoms with van der Waals surface area (Å²) in [4.78, 5) is 0. The summed E-state index contributed by atoms with van der Waals surface area (Å²) in [6.45, 7) is 2.57. The molecule has 0 bridgehead atoms. The van der Waals surface area contributed by atoms with Crippen molar-refractivity contribution in [3.8, 4) is 6.07 Å². The summed E-state index contributed by atoms with van der Waals surface area (Å²) in [6, 6.07) is 2.04. The molecule has 0 fully saturated rings. The fraction of sp³-hybridized carbons (Fsp3) is 0.667. The van der Waals surface area contributed by atoms with Crippen LogP contribution in [-0.2, 0) is 13.0 Å². The Morgan fingerprint density at radius 1 is 1.64 bits per heavy atom. The number of nitriles is 1. The van der Waals surface area contributed by atoms with Gasteiger partial charge in [-0.05, 0) is 10.4 Å². The molecule has 1 aromatic rings. The second-order valence-corrected chi connectivity index (χ2v) is 2.08. The molecule has 0 saturated heterocycles. The third-order valence-corrected chi connectivity index (χ3v) is 1.36. The van der Waals surface area contributed by atoms with Crippen LogP contribution < -0.4 is 0 Å². The van der Waals surface area contributed by atoms with Crippen LogP contribution in [0, 0.1) is 11.3 Å². The van der Waals surface area contributed by atoms with E-state index in [2.05, 4.69) is 15.5 Å². The smallest absolute Gasteiger partial charge is 0.151 e. The molecule has 0 aromatic carbocycles. The highest BCUT2D eigenvalue weighted by Crippen LogP contribution is 1.93. The van der Waals surface area contributed by atoms with Crippen molar-refractivity contribution in [2.24, 2.45) is 0 Å². The molecular weight excluding hydrogens is 142 g/mol. The number of aryl methyl sites for hydroxylation is 2. The number of tetrazole rings is 1. The van der Waals surface area contributed by atoms with E-state index in [4.69, 9.17) is 5.26 Å². The predicted molar refractivity (Wildman–Crippen MR) is 37.4 cm³/mol. The minimum absolute atomic E-state index is 0.456. The first kappa shape index (κ1) is 7.66. The first-order valence-corrected chi connectivity index (χ1v) is 3.50. The van der Waals surface area contributed by atoms with E-state index < -0.39 is 0 Å². The Labute approximate surface area is 64.6 Å². The molecule has 0 spiro atoms. The number of rotatable bonds is 3. The van der Waals surface area contributed by atoms with Crippen LogP contribution in [0.25, 0.3) is 0 Å². The molecule has 0 amide bonds. The lowest BCUT2D eigenvalue weighted by atomic mass is 10.4.